The Hall–Kier alpha value is -1.34. The lowest BCUT2D eigenvalue weighted by Crippen LogP contribution is -2.44. The fraction of sp³-hybridized carbons (Fsp3) is 0.750. The number of anilines is 1. The highest BCUT2D eigenvalue weighted by Gasteiger charge is 2.22. The first-order chi connectivity index (χ1) is 11.1. The Morgan fingerprint density at radius 2 is 2.26 bits per heavy atom. The van der Waals surface area contributed by atoms with E-state index < -0.39 is 0 Å². The summed E-state index contributed by atoms with van der Waals surface area (Å²) < 4.78 is 0. The SMILES string of the molecule is CCNC(=NCc1csc(N(C)C)n1)NCC1CCCN1CC. The molecule has 1 unspecified atom stereocenters. The summed E-state index contributed by atoms with van der Waals surface area (Å²) in [6, 6.07) is 0.628. The van der Waals surface area contributed by atoms with Crippen molar-refractivity contribution >= 4 is 22.4 Å². The van der Waals surface area contributed by atoms with Gasteiger partial charge in [0.05, 0.1) is 12.2 Å². The van der Waals surface area contributed by atoms with E-state index in [4.69, 9.17) is 0 Å². The van der Waals surface area contributed by atoms with Gasteiger partial charge in [-0.1, -0.05) is 6.92 Å². The van der Waals surface area contributed by atoms with Gasteiger partial charge in [-0.3, -0.25) is 4.90 Å². The molecular formula is C16H30N6S. The second-order valence-electron chi connectivity index (χ2n) is 6.02. The maximum atomic E-state index is 4.67. The van der Waals surface area contributed by atoms with Gasteiger partial charge in [0.2, 0.25) is 0 Å². The molecule has 130 valence electrons. The molecule has 0 radical (unpaired) electrons. The topological polar surface area (TPSA) is 55.8 Å². The van der Waals surface area contributed by atoms with Crippen molar-refractivity contribution in [1.29, 1.82) is 0 Å². The Morgan fingerprint density at radius 3 is 2.91 bits per heavy atom. The van der Waals surface area contributed by atoms with Crippen molar-refractivity contribution in [2.75, 3.05) is 45.2 Å². The number of nitrogens with one attached hydrogen (secondary N) is 2. The molecule has 0 aromatic carbocycles. The van der Waals surface area contributed by atoms with Gasteiger partial charge >= 0.3 is 0 Å². The molecule has 0 amide bonds. The number of hydrogen-bond donors (Lipinski definition) is 2. The van der Waals surface area contributed by atoms with E-state index in [1.165, 1.54) is 19.4 Å². The molecule has 1 fully saturated rings. The fourth-order valence-corrected chi connectivity index (χ4v) is 3.58. The van der Waals surface area contributed by atoms with Gasteiger partial charge in [0, 0.05) is 38.6 Å². The minimum Gasteiger partial charge on any atom is -0.357 e. The minimum atomic E-state index is 0.613. The number of nitrogens with zero attached hydrogens (tertiary/aromatic N) is 4. The molecule has 0 saturated carbocycles. The quantitative estimate of drug-likeness (QED) is 0.586. The number of likely N-dealkylation sites (tertiary alicyclic amines) is 1. The summed E-state index contributed by atoms with van der Waals surface area (Å²) in [6.45, 7) is 9.13. The lowest BCUT2D eigenvalue weighted by molar-refractivity contribution is 0.267. The highest BCUT2D eigenvalue weighted by atomic mass is 32.1. The Bertz CT molecular complexity index is 499. The predicted octanol–water partition coefficient (Wildman–Crippen LogP) is 1.75. The number of thiazole rings is 1. The number of rotatable bonds is 7. The van der Waals surface area contributed by atoms with Crippen LogP contribution in [0.25, 0.3) is 0 Å². The molecule has 1 saturated heterocycles. The van der Waals surface area contributed by atoms with Crippen LogP contribution in [-0.2, 0) is 6.54 Å². The van der Waals surface area contributed by atoms with E-state index in [0.717, 1.165) is 36.4 Å². The Labute approximate surface area is 144 Å². The number of hydrogen-bond acceptors (Lipinski definition) is 5. The summed E-state index contributed by atoms with van der Waals surface area (Å²) in [5, 5.41) is 9.92. The minimum absolute atomic E-state index is 0.613. The summed E-state index contributed by atoms with van der Waals surface area (Å²) in [6.07, 6.45) is 2.58. The van der Waals surface area contributed by atoms with Crippen molar-refractivity contribution in [2.24, 2.45) is 4.99 Å². The number of aliphatic imine (C=N–C) groups is 1. The summed E-state index contributed by atoms with van der Waals surface area (Å²) in [5.41, 5.74) is 1.02. The van der Waals surface area contributed by atoms with Crippen molar-refractivity contribution in [3.8, 4) is 0 Å². The van der Waals surface area contributed by atoms with E-state index in [1.807, 2.05) is 19.0 Å². The predicted molar refractivity (Wildman–Crippen MR) is 99.5 cm³/mol. The van der Waals surface area contributed by atoms with E-state index >= 15 is 0 Å². The molecule has 1 aromatic heterocycles. The van der Waals surface area contributed by atoms with Crippen molar-refractivity contribution in [3.63, 3.8) is 0 Å². The Kier molecular flexibility index (Phi) is 7.11. The summed E-state index contributed by atoms with van der Waals surface area (Å²) in [7, 11) is 4.02. The van der Waals surface area contributed by atoms with Crippen LogP contribution in [0.5, 0.6) is 0 Å². The van der Waals surface area contributed by atoms with E-state index in [0.29, 0.717) is 12.6 Å². The number of likely N-dealkylation sites (N-methyl/N-ethyl adjacent to an activating group) is 1. The van der Waals surface area contributed by atoms with Crippen LogP contribution >= 0.6 is 11.3 Å². The molecule has 0 bridgehead atoms. The molecule has 2 N–H and O–H groups in total. The van der Waals surface area contributed by atoms with Gasteiger partial charge < -0.3 is 15.5 Å². The lowest BCUT2D eigenvalue weighted by Gasteiger charge is -2.23. The highest BCUT2D eigenvalue weighted by molar-refractivity contribution is 7.13. The molecule has 1 aliphatic heterocycles. The normalized spacial score (nSPS) is 19.1. The third kappa shape index (κ3) is 5.35. The van der Waals surface area contributed by atoms with Crippen molar-refractivity contribution in [3.05, 3.63) is 11.1 Å². The van der Waals surface area contributed by atoms with E-state index in [1.54, 1.807) is 11.3 Å². The van der Waals surface area contributed by atoms with Gasteiger partial charge in [-0.25, -0.2) is 9.98 Å². The van der Waals surface area contributed by atoms with E-state index in [9.17, 15) is 0 Å². The monoisotopic (exact) mass is 338 g/mol. The molecule has 2 heterocycles. The third-order valence-corrected chi connectivity index (χ3v) is 5.13. The van der Waals surface area contributed by atoms with Gasteiger partial charge in [-0.05, 0) is 32.9 Å². The van der Waals surface area contributed by atoms with Crippen LogP contribution < -0.4 is 15.5 Å². The zero-order valence-electron chi connectivity index (χ0n) is 14.8. The van der Waals surface area contributed by atoms with Crippen LogP contribution in [0.2, 0.25) is 0 Å². The molecule has 1 aromatic rings. The molecular weight excluding hydrogens is 308 g/mol. The van der Waals surface area contributed by atoms with Crippen molar-refractivity contribution < 1.29 is 0 Å². The fourth-order valence-electron chi connectivity index (χ4n) is 2.83. The van der Waals surface area contributed by atoms with Crippen LogP contribution in [0.1, 0.15) is 32.4 Å². The molecule has 0 aliphatic carbocycles. The van der Waals surface area contributed by atoms with Crippen LogP contribution in [0.3, 0.4) is 0 Å². The first-order valence-corrected chi connectivity index (χ1v) is 9.40. The van der Waals surface area contributed by atoms with Gasteiger partial charge in [0.15, 0.2) is 11.1 Å². The van der Waals surface area contributed by atoms with Gasteiger partial charge in [0.1, 0.15) is 0 Å². The molecule has 2 rings (SSSR count). The maximum Gasteiger partial charge on any atom is 0.191 e. The van der Waals surface area contributed by atoms with Crippen LogP contribution in [0, 0.1) is 0 Å². The number of aromatic nitrogens is 1. The number of guanidine groups is 1. The highest BCUT2D eigenvalue weighted by Crippen LogP contribution is 2.18. The zero-order chi connectivity index (χ0) is 16.7. The largest absolute Gasteiger partial charge is 0.357 e. The zero-order valence-corrected chi connectivity index (χ0v) is 15.6. The Balaban J connectivity index is 1.88. The Morgan fingerprint density at radius 1 is 1.43 bits per heavy atom. The summed E-state index contributed by atoms with van der Waals surface area (Å²) in [4.78, 5) is 13.8. The molecule has 1 atom stereocenters. The molecule has 6 nitrogen and oxygen atoms in total. The van der Waals surface area contributed by atoms with Crippen LogP contribution in [0.15, 0.2) is 10.4 Å². The van der Waals surface area contributed by atoms with Gasteiger partial charge in [-0.2, -0.15) is 0 Å². The standard InChI is InChI=1S/C16H30N6S/c1-5-17-15(19-11-14-8-7-9-22(14)6-2)18-10-13-12-23-16(20-13)21(3)4/h12,14H,5-11H2,1-4H3,(H2,17,18,19). The second kappa shape index (κ2) is 9.08. The van der Waals surface area contributed by atoms with Crippen molar-refractivity contribution in [2.45, 2.75) is 39.3 Å². The third-order valence-electron chi connectivity index (χ3n) is 4.08. The molecule has 1 aliphatic rings. The average Bonchev–Trinajstić information content (AvgIpc) is 3.18. The first kappa shape index (κ1) is 18.0. The van der Waals surface area contributed by atoms with Crippen LogP contribution in [0.4, 0.5) is 5.13 Å². The van der Waals surface area contributed by atoms with E-state index in [2.05, 4.69) is 44.7 Å². The second-order valence-corrected chi connectivity index (χ2v) is 6.85. The lowest BCUT2D eigenvalue weighted by atomic mass is 10.2. The van der Waals surface area contributed by atoms with E-state index in [-0.39, 0.29) is 0 Å². The van der Waals surface area contributed by atoms with Gasteiger partial charge in [0.25, 0.3) is 0 Å². The summed E-state index contributed by atoms with van der Waals surface area (Å²) in [5.74, 6) is 0.884. The van der Waals surface area contributed by atoms with Gasteiger partial charge in [-0.15, -0.1) is 11.3 Å². The van der Waals surface area contributed by atoms with Crippen molar-refractivity contribution in [1.82, 2.24) is 20.5 Å². The molecule has 7 heteroatoms. The average molecular weight is 339 g/mol. The summed E-state index contributed by atoms with van der Waals surface area (Å²) >= 11 is 1.66. The molecule has 0 spiro atoms. The first-order valence-electron chi connectivity index (χ1n) is 8.52. The van der Waals surface area contributed by atoms with Crippen LogP contribution in [-0.4, -0.2) is 62.2 Å². The maximum absolute atomic E-state index is 4.67. The molecule has 23 heavy (non-hydrogen) atoms. The smallest absolute Gasteiger partial charge is 0.191 e.